The third-order valence-electron chi connectivity index (χ3n) is 3.21. The third kappa shape index (κ3) is 3.16. The minimum Gasteiger partial charge on any atom is -0.368 e. The van der Waals surface area contributed by atoms with Crippen LogP contribution in [-0.2, 0) is 0 Å². The molecule has 0 aromatic carbocycles. The van der Waals surface area contributed by atoms with E-state index in [9.17, 15) is 0 Å². The van der Waals surface area contributed by atoms with E-state index in [-0.39, 0.29) is 0 Å². The van der Waals surface area contributed by atoms with Crippen molar-refractivity contribution in [1.29, 1.82) is 5.26 Å². The Hall–Kier alpha value is -1.63. The maximum absolute atomic E-state index is 8.62. The molecule has 0 spiro atoms. The van der Waals surface area contributed by atoms with Crippen LogP contribution in [0.3, 0.4) is 0 Å². The summed E-state index contributed by atoms with van der Waals surface area (Å²) in [5.74, 6) is 1.50. The van der Waals surface area contributed by atoms with Gasteiger partial charge in [-0.05, 0) is 30.6 Å². The normalized spacial score (nSPS) is 16.6. The van der Waals surface area contributed by atoms with Crippen molar-refractivity contribution in [2.75, 3.05) is 11.9 Å². The Morgan fingerprint density at radius 2 is 2.18 bits per heavy atom. The fourth-order valence-electron chi connectivity index (χ4n) is 2.25. The van der Waals surface area contributed by atoms with Gasteiger partial charge < -0.3 is 5.32 Å². The molecule has 1 heterocycles. The fraction of sp³-hybridized carbons (Fsp3) is 0.615. The Morgan fingerprint density at radius 3 is 2.65 bits per heavy atom. The molecule has 1 aromatic rings. The van der Waals surface area contributed by atoms with E-state index in [1.807, 2.05) is 6.07 Å². The van der Waals surface area contributed by atoms with E-state index in [2.05, 4.69) is 29.1 Å². The lowest BCUT2D eigenvalue weighted by Crippen LogP contribution is -2.18. The maximum atomic E-state index is 8.62. The van der Waals surface area contributed by atoms with Crippen LogP contribution in [-0.4, -0.2) is 16.5 Å². The molecule has 0 unspecified atom stereocenters. The first-order chi connectivity index (χ1) is 8.13. The highest BCUT2D eigenvalue weighted by Gasteiger charge is 2.42. The zero-order valence-electron chi connectivity index (χ0n) is 10.4. The molecule has 1 aliphatic rings. The summed E-state index contributed by atoms with van der Waals surface area (Å²) < 4.78 is 0. The molecule has 0 amide bonds. The maximum Gasteiger partial charge on any atom is 0.158 e. The quantitative estimate of drug-likeness (QED) is 0.844. The summed E-state index contributed by atoms with van der Waals surface area (Å²) in [4.78, 5) is 8.16. The van der Waals surface area contributed by atoms with Crippen LogP contribution in [0.2, 0.25) is 0 Å². The van der Waals surface area contributed by atoms with E-state index in [1.54, 1.807) is 6.20 Å². The summed E-state index contributed by atoms with van der Waals surface area (Å²) in [5, 5.41) is 11.9. The molecule has 0 aliphatic heterocycles. The zero-order valence-corrected chi connectivity index (χ0v) is 10.4. The predicted octanol–water partition coefficient (Wildman–Crippen LogP) is 2.59. The van der Waals surface area contributed by atoms with Gasteiger partial charge in [-0.25, -0.2) is 9.97 Å². The van der Waals surface area contributed by atoms with Gasteiger partial charge in [0, 0.05) is 6.54 Å². The van der Waals surface area contributed by atoms with Crippen LogP contribution in [0.25, 0.3) is 0 Å². The monoisotopic (exact) mass is 230 g/mol. The molecular weight excluding hydrogens is 212 g/mol. The van der Waals surface area contributed by atoms with Gasteiger partial charge in [-0.2, -0.15) is 5.26 Å². The first-order valence-electron chi connectivity index (χ1n) is 6.10. The highest BCUT2D eigenvalue weighted by molar-refractivity contribution is 5.33. The van der Waals surface area contributed by atoms with Crippen molar-refractivity contribution in [3.63, 3.8) is 0 Å². The van der Waals surface area contributed by atoms with Gasteiger partial charge in [0.1, 0.15) is 11.9 Å². The molecule has 4 nitrogen and oxygen atoms in total. The Morgan fingerprint density at radius 1 is 1.41 bits per heavy atom. The topological polar surface area (TPSA) is 61.6 Å². The summed E-state index contributed by atoms with van der Waals surface area (Å²) in [6.45, 7) is 5.49. The fourth-order valence-corrected chi connectivity index (χ4v) is 2.25. The first kappa shape index (κ1) is 11.8. The molecule has 0 atom stereocenters. The molecule has 1 fully saturated rings. The molecule has 0 radical (unpaired) electrons. The number of nitrogens with one attached hydrogen (secondary N) is 1. The summed E-state index contributed by atoms with van der Waals surface area (Å²) >= 11 is 0. The van der Waals surface area contributed by atoms with Crippen LogP contribution in [0, 0.1) is 22.7 Å². The van der Waals surface area contributed by atoms with Gasteiger partial charge in [-0.15, -0.1) is 0 Å². The van der Waals surface area contributed by atoms with Crippen LogP contribution >= 0.6 is 0 Å². The molecular formula is C13H18N4. The van der Waals surface area contributed by atoms with Gasteiger partial charge in [-0.1, -0.05) is 13.8 Å². The molecule has 0 saturated heterocycles. The van der Waals surface area contributed by atoms with Crippen molar-refractivity contribution in [3.05, 3.63) is 18.1 Å². The first-order valence-corrected chi connectivity index (χ1v) is 6.10. The highest BCUT2D eigenvalue weighted by atomic mass is 15.0. The number of nitrogens with zero attached hydrogens (tertiary/aromatic N) is 3. The van der Waals surface area contributed by atoms with Gasteiger partial charge in [0.05, 0.1) is 12.4 Å². The lowest BCUT2D eigenvalue weighted by molar-refractivity contribution is 0.407. The van der Waals surface area contributed by atoms with Crippen LogP contribution in [0.4, 0.5) is 5.82 Å². The van der Waals surface area contributed by atoms with E-state index in [1.165, 1.54) is 25.5 Å². The Balaban J connectivity index is 1.87. The minimum atomic E-state index is 0.360. The number of rotatable bonds is 5. The van der Waals surface area contributed by atoms with Crippen molar-refractivity contribution in [1.82, 2.24) is 9.97 Å². The van der Waals surface area contributed by atoms with Crippen LogP contribution in [0.5, 0.6) is 0 Å². The Kier molecular flexibility index (Phi) is 3.28. The van der Waals surface area contributed by atoms with Crippen LogP contribution in [0.1, 0.15) is 38.8 Å². The summed E-state index contributed by atoms with van der Waals surface area (Å²) in [6, 6.07) is 1.96. The molecule has 0 bridgehead atoms. The zero-order chi connectivity index (χ0) is 12.3. The average molecular weight is 230 g/mol. The van der Waals surface area contributed by atoms with Crippen LogP contribution < -0.4 is 5.32 Å². The lowest BCUT2D eigenvalue weighted by atomic mass is 9.94. The van der Waals surface area contributed by atoms with Crippen molar-refractivity contribution in [3.8, 4) is 6.07 Å². The van der Waals surface area contributed by atoms with Crippen molar-refractivity contribution >= 4 is 5.82 Å². The van der Waals surface area contributed by atoms with E-state index in [0.29, 0.717) is 11.1 Å². The molecule has 90 valence electrons. The van der Waals surface area contributed by atoms with Gasteiger partial charge in [0.25, 0.3) is 0 Å². The summed E-state index contributed by atoms with van der Waals surface area (Å²) in [5.41, 5.74) is 0.836. The van der Waals surface area contributed by atoms with E-state index >= 15 is 0 Å². The van der Waals surface area contributed by atoms with Gasteiger partial charge in [0.15, 0.2) is 5.69 Å². The predicted molar refractivity (Wildman–Crippen MR) is 66.4 cm³/mol. The molecule has 2 rings (SSSR count). The highest BCUT2D eigenvalue weighted by Crippen LogP contribution is 2.50. The number of anilines is 1. The molecule has 1 aromatic heterocycles. The van der Waals surface area contributed by atoms with Gasteiger partial charge in [0.2, 0.25) is 0 Å². The second-order valence-corrected chi connectivity index (χ2v) is 5.35. The van der Waals surface area contributed by atoms with E-state index in [0.717, 1.165) is 18.3 Å². The van der Waals surface area contributed by atoms with Gasteiger partial charge in [-0.3, -0.25) is 0 Å². The second kappa shape index (κ2) is 4.70. The summed E-state index contributed by atoms with van der Waals surface area (Å²) in [7, 11) is 0. The Labute approximate surface area is 102 Å². The van der Waals surface area contributed by atoms with E-state index < -0.39 is 0 Å². The van der Waals surface area contributed by atoms with Crippen molar-refractivity contribution < 1.29 is 0 Å². The molecule has 1 saturated carbocycles. The number of hydrogen-bond donors (Lipinski definition) is 1. The molecule has 4 heteroatoms. The smallest absolute Gasteiger partial charge is 0.158 e. The second-order valence-electron chi connectivity index (χ2n) is 5.35. The molecule has 17 heavy (non-hydrogen) atoms. The Bertz CT molecular complexity index is 412. The van der Waals surface area contributed by atoms with E-state index in [4.69, 9.17) is 5.26 Å². The van der Waals surface area contributed by atoms with Crippen molar-refractivity contribution in [2.45, 2.75) is 33.1 Å². The standard InChI is InChI=1S/C13H18N4/c1-10(2)5-13(3-4-13)9-17-12-8-15-11(6-14)7-16-12/h7-8,10H,3-5,9H2,1-2H3,(H,16,17). The number of hydrogen-bond acceptors (Lipinski definition) is 4. The SMILES string of the molecule is CC(C)CC1(CNc2cnc(C#N)cn2)CC1. The minimum absolute atomic E-state index is 0.360. The van der Waals surface area contributed by atoms with Crippen molar-refractivity contribution in [2.24, 2.45) is 11.3 Å². The number of aromatic nitrogens is 2. The third-order valence-corrected chi connectivity index (χ3v) is 3.21. The number of nitriles is 1. The largest absolute Gasteiger partial charge is 0.368 e. The summed E-state index contributed by atoms with van der Waals surface area (Å²) in [6.07, 6.45) is 7.02. The molecule has 1 N–H and O–H groups in total. The molecule has 1 aliphatic carbocycles. The average Bonchev–Trinajstić information content (AvgIpc) is 3.06. The van der Waals surface area contributed by atoms with Gasteiger partial charge >= 0.3 is 0 Å². The van der Waals surface area contributed by atoms with Crippen LogP contribution in [0.15, 0.2) is 12.4 Å². The lowest BCUT2D eigenvalue weighted by Gasteiger charge is -2.18.